The van der Waals surface area contributed by atoms with Crippen molar-refractivity contribution >= 4 is 57.0 Å². The molecule has 3 aromatic rings. The number of benzene rings is 1. The van der Waals surface area contributed by atoms with E-state index < -0.39 is 0 Å². The van der Waals surface area contributed by atoms with Gasteiger partial charge in [0.25, 0.3) is 0 Å². The van der Waals surface area contributed by atoms with Crippen molar-refractivity contribution in [3.63, 3.8) is 0 Å². The second-order valence-corrected chi connectivity index (χ2v) is 10.8. The zero-order chi connectivity index (χ0) is 22.2. The molecule has 2 aromatic heterocycles. The minimum atomic E-state index is 0.0909. The van der Waals surface area contributed by atoms with Gasteiger partial charge in [0.1, 0.15) is 18.7 Å². The van der Waals surface area contributed by atoms with Crippen LogP contribution in [0.5, 0.6) is 5.75 Å². The lowest BCUT2D eigenvalue weighted by Crippen LogP contribution is -2.36. The quantitative estimate of drug-likeness (QED) is 0.352. The molecule has 0 amide bonds. The van der Waals surface area contributed by atoms with E-state index in [1.807, 2.05) is 0 Å². The third kappa shape index (κ3) is 5.01. The number of fused-ring (bicyclic) bond motifs is 2. The van der Waals surface area contributed by atoms with Crippen molar-refractivity contribution in [3.8, 4) is 5.75 Å². The molecule has 4 rings (SSSR count). The average molecular weight is 553 g/mol. The van der Waals surface area contributed by atoms with Crippen LogP contribution >= 0.6 is 34.4 Å². The van der Waals surface area contributed by atoms with E-state index in [1.165, 1.54) is 6.33 Å². The number of aromatic nitrogens is 4. The van der Waals surface area contributed by atoms with Crippen molar-refractivity contribution < 1.29 is 4.74 Å². The zero-order valence-electron chi connectivity index (χ0n) is 18.3. The van der Waals surface area contributed by atoms with E-state index in [9.17, 15) is 0 Å². The maximum atomic E-state index is 6.10. The summed E-state index contributed by atoms with van der Waals surface area (Å²) in [6, 6.07) is 4.28. The third-order valence-corrected chi connectivity index (χ3v) is 7.36. The first-order chi connectivity index (χ1) is 14.7. The molecule has 0 spiro atoms. The molecule has 0 saturated heterocycles. The second-order valence-electron chi connectivity index (χ2n) is 8.63. The molecular weight excluding hydrogens is 525 g/mol. The van der Waals surface area contributed by atoms with Crippen LogP contribution in [0.25, 0.3) is 11.2 Å². The van der Waals surface area contributed by atoms with Crippen molar-refractivity contribution in [1.29, 1.82) is 0 Å². The van der Waals surface area contributed by atoms with Crippen LogP contribution in [0.4, 0.5) is 11.5 Å². The number of hydrogen-bond acceptors (Lipinski definition) is 8. The fourth-order valence-electron chi connectivity index (χ4n) is 3.44. The highest BCUT2D eigenvalue weighted by atomic mass is 127. The van der Waals surface area contributed by atoms with Gasteiger partial charge in [-0.15, -0.1) is 0 Å². The summed E-state index contributed by atoms with van der Waals surface area (Å²) >= 11 is 4.00. The van der Waals surface area contributed by atoms with E-state index in [-0.39, 0.29) is 5.54 Å². The SMILES string of the molecule is CN1CCOc2cc(Sc3nc4c(N)ncnc4n3CCCNC(C)(C)C)c(I)cc21. The van der Waals surface area contributed by atoms with Crippen LogP contribution < -0.4 is 20.7 Å². The molecule has 10 heteroatoms. The van der Waals surface area contributed by atoms with Gasteiger partial charge in [0.05, 0.1) is 12.2 Å². The minimum Gasteiger partial charge on any atom is -0.490 e. The monoisotopic (exact) mass is 553 g/mol. The molecule has 0 radical (unpaired) electrons. The van der Waals surface area contributed by atoms with Crippen LogP contribution in [-0.2, 0) is 6.54 Å². The predicted molar refractivity (Wildman–Crippen MR) is 134 cm³/mol. The highest BCUT2D eigenvalue weighted by molar-refractivity contribution is 14.1. The van der Waals surface area contributed by atoms with Gasteiger partial charge in [-0.2, -0.15) is 0 Å². The lowest BCUT2D eigenvalue weighted by atomic mass is 10.1. The van der Waals surface area contributed by atoms with Crippen molar-refractivity contribution in [3.05, 3.63) is 22.0 Å². The second kappa shape index (κ2) is 8.99. The summed E-state index contributed by atoms with van der Waals surface area (Å²) in [5, 5.41) is 4.40. The van der Waals surface area contributed by atoms with Crippen molar-refractivity contribution in [1.82, 2.24) is 24.8 Å². The Kier molecular flexibility index (Phi) is 6.50. The highest BCUT2D eigenvalue weighted by Crippen LogP contribution is 2.41. The standard InChI is InChI=1S/C21H28IN7OS/c1-21(2,3)26-6-5-7-29-19-17(18(23)24-12-25-19)27-20(29)31-16-11-15-14(10-13(16)22)28(4)8-9-30-15/h10-12,26H,5-9H2,1-4H3,(H2,23,24,25). The Morgan fingerprint density at radius 3 is 2.87 bits per heavy atom. The number of imidazole rings is 1. The summed E-state index contributed by atoms with van der Waals surface area (Å²) in [6.07, 6.45) is 2.46. The first-order valence-corrected chi connectivity index (χ1v) is 12.2. The molecule has 0 fully saturated rings. The molecular formula is C21H28IN7OS. The topological polar surface area (TPSA) is 94.1 Å². The molecule has 1 aliphatic rings. The van der Waals surface area contributed by atoms with Crippen LogP contribution in [0.15, 0.2) is 28.5 Å². The number of aryl methyl sites for hydroxylation is 1. The zero-order valence-corrected chi connectivity index (χ0v) is 21.2. The Labute approximate surface area is 200 Å². The molecule has 1 aromatic carbocycles. The van der Waals surface area contributed by atoms with E-state index in [1.54, 1.807) is 11.8 Å². The molecule has 0 saturated carbocycles. The minimum absolute atomic E-state index is 0.0909. The molecule has 3 N–H and O–H groups in total. The summed E-state index contributed by atoms with van der Waals surface area (Å²) < 4.78 is 9.21. The van der Waals surface area contributed by atoms with Gasteiger partial charge in [-0.3, -0.25) is 0 Å². The van der Waals surface area contributed by atoms with Gasteiger partial charge < -0.3 is 25.3 Å². The summed E-state index contributed by atoms with van der Waals surface area (Å²) in [6.45, 7) is 9.81. The van der Waals surface area contributed by atoms with Gasteiger partial charge in [0.15, 0.2) is 22.1 Å². The maximum Gasteiger partial charge on any atom is 0.175 e. The summed E-state index contributed by atoms with van der Waals surface area (Å²) in [7, 11) is 2.09. The van der Waals surface area contributed by atoms with Crippen LogP contribution in [0, 0.1) is 3.57 Å². The Morgan fingerprint density at radius 2 is 2.10 bits per heavy atom. The molecule has 0 unspecified atom stereocenters. The number of rotatable bonds is 6. The van der Waals surface area contributed by atoms with Gasteiger partial charge in [-0.05, 0) is 68.5 Å². The summed E-state index contributed by atoms with van der Waals surface area (Å²) in [4.78, 5) is 16.7. The number of nitrogens with two attached hydrogens (primary N) is 1. The number of nitrogens with zero attached hydrogens (tertiary/aromatic N) is 5. The number of ether oxygens (including phenoxy) is 1. The summed E-state index contributed by atoms with van der Waals surface area (Å²) in [5.74, 6) is 1.32. The molecule has 0 bridgehead atoms. The number of anilines is 2. The number of hydrogen-bond donors (Lipinski definition) is 2. The van der Waals surface area contributed by atoms with E-state index in [4.69, 9.17) is 15.5 Å². The van der Waals surface area contributed by atoms with Crippen LogP contribution in [0.2, 0.25) is 0 Å². The van der Waals surface area contributed by atoms with Gasteiger partial charge in [0, 0.05) is 27.6 Å². The van der Waals surface area contributed by atoms with Gasteiger partial charge >= 0.3 is 0 Å². The van der Waals surface area contributed by atoms with Gasteiger partial charge in [0.2, 0.25) is 0 Å². The lowest BCUT2D eigenvalue weighted by Gasteiger charge is -2.28. The number of nitrogens with one attached hydrogen (secondary N) is 1. The Morgan fingerprint density at radius 1 is 1.29 bits per heavy atom. The largest absolute Gasteiger partial charge is 0.490 e. The van der Waals surface area contributed by atoms with Crippen LogP contribution in [0.3, 0.4) is 0 Å². The Balaban J connectivity index is 1.65. The number of likely N-dealkylation sites (N-methyl/N-ethyl adjacent to an activating group) is 1. The summed E-state index contributed by atoms with van der Waals surface area (Å²) in [5.41, 5.74) is 8.74. The molecule has 0 atom stereocenters. The van der Waals surface area contributed by atoms with E-state index in [2.05, 4.69) is 87.3 Å². The molecule has 31 heavy (non-hydrogen) atoms. The fourth-order valence-corrected chi connectivity index (χ4v) is 5.17. The molecule has 8 nitrogen and oxygen atoms in total. The Bertz CT molecular complexity index is 1100. The maximum absolute atomic E-state index is 6.10. The first-order valence-electron chi connectivity index (χ1n) is 10.3. The molecule has 166 valence electrons. The van der Waals surface area contributed by atoms with Crippen molar-refractivity contribution in [2.75, 3.05) is 37.4 Å². The Hall–Kier alpha value is -1.79. The van der Waals surface area contributed by atoms with Crippen molar-refractivity contribution in [2.24, 2.45) is 0 Å². The van der Waals surface area contributed by atoms with Crippen LogP contribution in [-0.4, -0.2) is 51.8 Å². The number of halogens is 1. The van der Waals surface area contributed by atoms with Crippen LogP contribution in [0.1, 0.15) is 27.2 Å². The van der Waals surface area contributed by atoms with E-state index in [0.29, 0.717) is 17.9 Å². The van der Waals surface area contributed by atoms with Gasteiger partial charge in [-0.25, -0.2) is 15.0 Å². The van der Waals surface area contributed by atoms with E-state index >= 15 is 0 Å². The molecule has 1 aliphatic heterocycles. The van der Waals surface area contributed by atoms with Gasteiger partial charge in [-0.1, -0.05) is 11.8 Å². The predicted octanol–water partition coefficient (Wildman–Crippen LogP) is 3.77. The average Bonchev–Trinajstić information content (AvgIpc) is 3.05. The number of nitrogen functional groups attached to an aromatic ring is 1. The molecule has 0 aliphatic carbocycles. The highest BCUT2D eigenvalue weighted by Gasteiger charge is 2.21. The first kappa shape index (κ1) is 22.4. The fraction of sp³-hybridized carbons (Fsp3) is 0.476. The van der Waals surface area contributed by atoms with E-state index in [0.717, 1.165) is 56.8 Å². The normalized spacial score (nSPS) is 14.0. The molecule has 3 heterocycles. The smallest absolute Gasteiger partial charge is 0.175 e. The van der Waals surface area contributed by atoms with Crippen molar-refractivity contribution in [2.45, 2.75) is 49.3 Å². The lowest BCUT2D eigenvalue weighted by molar-refractivity contribution is 0.310. The third-order valence-electron chi connectivity index (χ3n) is 5.05.